The second-order valence-electron chi connectivity index (χ2n) is 7.99. The van der Waals surface area contributed by atoms with Crippen LogP contribution in [0, 0.1) is 0 Å². The fourth-order valence-electron chi connectivity index (χ4n) is 3.93. The number of methoxy groups -OCH3 is 1. The number of carbonyl (C=O) groups is 2. The summed E-state index contributed by atoms with van der Waals surface area (Å²) in [5.74, 6) is -0.0391. The Hall–Kier alpha value is -3.69. The number of anilines is 2. The van der Waals surface area contributed by atoms with Crippen LogP contribution in [0.3, 0.4) is 0 Å². The standard InChI is InChI=1S/C24H25ClN6O3/c1-34-13-21-24(33)30(12-16-2-5-17-20(11-16)28-14-29-23(17)27)8-9-31(21)22(32)7-4-15-3-6-19(26)18(25)10-15/h2-7,10-11,14,21H,8-9,12-13,26H2,1H3,(H2,27,28,29)/t21-/m0/s1. The Labute approximate surface area is 202 Å². The minimum absolute atomic E-state index is 0.101. The van der Waals surface area contributed by atoms with Crippen LogP contribution in [0.1, 0.15) is 11.1 Å². The van der Waals surface area contributed by atoms with Crippen LogP contribution >= 0.6 is 11.6 Å². The van der Waals surface area contributed by atoms with Gasteiger partial charge in [-0.05, 0) is 41.5 Å². The molecule has 1 aliphatic heterocycles. The summed E-state index contributed by atoms with van der Waals surface area (Å²) in [4.78, 5) is 37.7. The lowest BCUT2D eigenvalue weighted by Crippen LogP contribution is -2.59. The Morgan fingerprint density at radius 3 is 2.79 bits per heavy atom. The number of nitrogens with zero attached hydrogens (tertiary/aromatic N) is 4. The van der Waals surface area contributed by atoms with Gasteiger partial charge in [0.2, 0.25) is 11.8 Å². The zero-order chi connectivity index (χ0) is 24.2. The highest BCUT2D eigenvalue weighted by Gasteiger charge is 2.36. The molecule has 9 nitrogen and oxygen atoms in total. The summed E-state index contributed by atoms with van der Waals surface area (Å²) < 4.78 is 5.27. The summed E-state index contributed by atoms with van der Waals surface area (Å²) in [5.41, 5.74) is 14.5. The van der Waals surface area contributed by atoms with Crippen molar-refractivity contribution in [3.8, 4) is 0 Å². The molecule has 10 heteroatoms. The highest BCUT2D eigenvalue weighted by molar-refractivity contribution is 6.33. The molecule has 2 heterocycles. The van der Waals surface area contributed by atoms with Crippen molar-refractivity contribution in [2.45, 2.75) is 12.6 Å². The van der Waals surface area contributed by atoms with E-state index in [1.807, 2.05) is 18.2 Å². The summed E-state index contributed by atoms with van der Waals surface area (Å²) in [6.07, 6.45) is 4.50. The molecule has 0 bridgehead atoms. The van der Waals surface area contributed by atoms with Crippen LogP contribution in [0.15, 0.2) is 48.8 Å². The summed E-state index contributed by atoms with van der Waals surface area (Å²) in [7, 11) is 1.51. The molecular weight excluding hydrogens is 456 g/mol. The normalized spacial score (nSPS) is 16.5. The number of fused-ring (bicyclic) bond motifs is 1. The van der Waals surface area contributed by atoms with Gasteiger partial charge in [0.25, 0.3) is 0 Å². The van der Waals surface area contributed by atoms with E-state index >= 15 is 0 Å². The Bertz CT molecular complexity index is 1260. The number of hydrogen-bond donors (Lipinski definition) is 2. The van der Waals surface area contributed by atoms with E-state index in [0.29, 0.717) is 41.7 Å². The fraction of sp³-hybridized carbons (Fsp3) is 0.250. The molecule has 1 aromatic heterocycles. The van der Waals surface area contributed by atoms with Crippen LogP contribution in [0.2, 0.25) is 5.02 Å². The molecule has 176 valence electrons. The van der Waals surface area contributed by atoms with Gasteiger partial charge >= 0.3 is 0 Å². The quantitative estimate of drug-likeness (QED) is 0.409. The van der Waals surface area contributed by atoms with Gasteiger partial charge in [0.05, 0.1) is 22.8 Å². The largest absolute Gasteiger partial charge is 0.398 e. The maximum atomic E-state index is 13.3. The first kappa shape index (κ1) is 23.5. The molecule has 0 unspecified atom stereocenters. The van der Waals surface area contributed by atoms with Crippen LogP contribution in [0.5, 0.6) is 0 Å². The molecule has 34 heavy (non-hydrogen) atoms. The SMILES string of the molecule is COC[C@H]1C(=O)N(Cc2ccc3c(N)ncnc3c2)CCN1C(=O)C=Cc1ccc(N)c(Cl)c1. The van der Waals surface area contributed by atoms with E-state index < -0.39 is 6.04 Å². The van der Waals surface area contributed by atoms with Crippen molar-refractivity contribution in [2.75, 3.05) is 38.3 Å². The van der Waals surface area contributed by atoms with Gasteiger partial charge in [0.1, 0.15) is 18.2 Å². The number of rotatable bonds is 6. The van der Waals surface area contributed by atoms with E-state index in [1.54, 1.807) is 29.2 Å². The van der Waals surface area contributed by atoms with E-state index in [2.05, 4.69) is 9.97 Å². The highest BCUT2D eigenvalue weighted by atomic mass is 35.5. The number of hydrogen-bond acceptors (Lipinski definition) is 7. The maximum Gasteiger partial charge on any atom is 0.248 e. The third-order valence-corrected chi connectivity index (χ3v) is 6.07. The number of nitrogens with two attached hydrogens (primary N) is 2. The van der Waals surface area contributed by atoms with Crippen LogP contribution in [0.4, 0.5) is 11.5 Å². The third kappa shape index (κ3) is 4.95. The molecule has 4 N–H and O–H groups in total. The molecule has 1 saturated heterocycles. The number of halogens is 1. The molecule has 2 aromatic carbocycles. The fourth-order valence-corrected chi connectivity index (χ4v) is 4.12. The van der Waals surface area contributed by atoms with Gasteiger partial charge in [-0.15, -0.1) is 0 Å². The van der Waals surface area contributed by atoms with Gasteiger partial charge in [-0.2, -0.15) is 0 Å². The summed E-state index contributed by atoms with van der Waals surface area (Å²) in [6.45, 7) is 1.27. The minimum Gasteiger partial charge on any atom is -0.398 e. The van der Waals surface area contributed by atoms with Crippen LogP contribution < -0.4 is 11.5 Å². The van der Waals surface area contributed by atoms with Crippen molar-refractivity contribution in [3.05, 3.63) is 65.0 Å². The summed E-state index contributed by atoms with van der Waals surface area (Å²) in [5, 5.41) is 1.18. The first-order chi connectivity index (χ1) is 16.4. The lowest BCUT2D eigenvalue weighted by molar-refractivity contribution is -0.152. The molecule has 4 rings (SSSR count). The lowest BCUT2D eigenvalue weighted by Gasteiger charge is -2.40. The van der Waals surface area contributed by atoms with Gasteiger partial charge in [0, 0.05) is 38.2 Å². The molecule has 1 atom stereocenters. The average Bonchev–Trinajstić information content (AvgIpc) is 2.82. The van der Waals surface area contributed by atoms with Crippen molar-refractivity contribution in [1.29, 1.82) is 0 Å². The van der Waals surface area contributed by atoms with Crippen molar-refractivity contribution in [3.63, 3.8) is 0 Å². The summed E-state index contributed by atoms with van der Waals surface area (Å²) >= 11 is 6.05. The van der Waals surface area contributed by atoms with Crippen molar-refractivity contribution < 1.29 is 14.3 Å². The Morgan fingerprint density at radius 2 is 2.03 bits per heavy atom. The van der Waals surface area contributed by atoms with Crippen LogP contribution in [-0.4, -0.2) is 64.4 Å². The number of amides is 2. The molecule has 0 radical (unpaired) electrons. The number of ether oxygens (including phenoxy) is 1. The highest BCUT2D eigenvalue weighted by Crippen LogP contribution is 2.22. The Morgan fingerprint density at radius 1 is 1.21 bits per heavy atom. The molecule has 2 amide bonds. The van der Waals surface area contributed by atoms with Crippen LogP contribution in [-0.2, 0) is 20.9 Å². The second kappa shape index (κ2) is 10.1. The number of piperazine rings is 1. The zero-order valence-electron chi connectivity index (χ0n) is 18.6. The first-order valence-corrected chi connectivity index (χ1v) is 11.1. The molecule has 3 aromatic rings. The predicted molar refractivity (Wildman–Crippen MR) is 132 cm³/mol. The molecule has 0 spiro atoms. The zero-order valence-corrected chi connectivity index (χ0v) is 19.4. The molecule has 1 fully saturated rings. The lowest BCUT2D eigenvalue weighted by atomic mass is 10.1. The number of benzene rings is 2. The molecule has 1 aliphatic rings. The van der Waals surface area contributed by atoms with E-state index in [4.69, 9.17) is 27.8 Å². The first-order valence-electron chi connectivity index (χ1n) is 10.7. The molecular formula is C24H25ClN6O3. The molecule has 0 aliphatic carbocycles. The van der Waals surface area contributed by atoms with E-state index in [1.165, 1.54) is 24.4 Å². The van der Waals surface area contributed by atoms with E-state index in [9.17, 15) is 9.59 Å². The Balaban J connectivity index is 1.48. The van der Waals surface area contributed by atoms with E-state index in [0.717, 1.165) is 16.5 Å². The predicted octanol–water partition coefficient (Wildman–Crippen LogP) is 2.35. The second-order valence-corrected chi connectivity index (χ2v) is 8.39. The van der Waals surface area contributed by atoms with Gasteiger partial charge in [-0.1, -0.05) is 23.7 Å². The van der Waals surface area contributed by atoms with Crippen LogP contribution in [0.25, 0.3) is 17.0 Å². The average molecular weight is 481 g/mol. The summed E-state index contributed by atoms with van der Waals surface area (Å²) in [6, 6.07) is 10.1. The molecule has 0 saturated carbocycles. The van der Waals surface area contributed by atoms with Gasteiger partial charge in [0.15, 0.2) is 0 Å². The number of nitrogen functional groups attached to an aromatic ring is 2. The third-order valence-electron chi connectivity index (χ3n) is 5.74. The number of aromatic nitrogens is 2. The number of carbonyl (C=O) groups excluding carboxylic acids is 2. The maximum absolute atomic E-state index is 13.3. The Kier molecular flexibility index (Phi) is 6.95. The van der Waals surface area contributed by atoms with Gasteiger partial charge in [-0.25, -0.2) is 9.97 Å². The van der Waals surface area contributed by atoms with Crippen molar-refractivity contribution in [2.24, 2.45) is 0 Å². The van der Waals surface area contributed by atoms with E-state index in [-0.39, 0.29) is 18.4 Å². The van der Waals surface area contributed by atoms with Crippen molar-refractivity contribution >= 4 is 51.9 Å². The van der Waals surface area contributed by atoms with Gasteiger partial charge in [-0.3, -0.25) is 9.59 Å². The van der Waals surface area contributed by atoms with Crippen molar-refractivity contribution in [1.82, 2.24) is 19.8 Å². The topological polar surface area (TPSA) is 128 Å². The minimum atomic E-state index is -0.718. The van der Waals surface area contributed by atoms with Gasteiger partial charge < -0.3 is 26.0 Å². The monoisotopic (exact) mass is 480 g/mol. The smallest absolute Gasteiger partial charge is 0.248 e.